The molecule has 1 heterocycles. The summed E-state index contributed by atoms with van der Waals surface area (Å²) in [5.74, 6) is 4.86. The first-order valence-corrected chi connectivity index (χ1v) is 9.90. The Kier molecular flexibility index (Phi) is 5.46. The van der Waals surface area contributed by atoms with Crippen LogP contribution in [0.4, 0.5) is 0 Å². The maximum atomic E-state index is 5.60. The first-order chi connectivity index (χ1) is 14.1. The second kappa shape index (κ2) is 8.03. The topological polar surface area (TPSA) is 58.2 Å². The van der Waals surface area contributed by atoms with Gasteiger partial charge in [0.15, 0.2) is 23.0 Å². The number of hydrogen-bond donors (Lipinski definition) is 1. The van der Waals surface area contributed by atoms with Crippen LogP contribution < -0.4 is 29.0 Å². The highest BCUT2D eigenvalue weighted by molar-refractivity contribution is 5.56. The Morgan fingerprint density at radius 3 is 1.90 bits per heavy atom. The van der Waals surface area contributed by atoms with Crippen LogP contribution in [0, 0.1) is 5.92 Å². The minimum absolute atomic E-state index is 0.342. The summed E-state index contributed by atoms with van der Waals surface area (Å²) < 4.78 is 27.8. The normalized spacial score (nSPS) is 22.4. The molecule has 1 saturated heterocycles. The second-order valence-electron chi connectivity index (χ2n) is 7.60. The average molecular weight is 399 g/mol. The van der Waals surface area contributed by atoms with E-state index in [0.717, 1.165) is 31.0 Å². The van der Waals surface area contributed by atoms with E-state index in [1.165, 1.54) is 16.7 Å². The molecule has 0 aromatic heterocycles. The molecule has 0 saturated carbocycles. The summed E-state index contributed by atoms with van der Waals surface area (Å²) in [4.78, 5) is 0. The monoisotopic (exact) mass is 399 g/mol. The number of hydrogen-bond acceptors (Lipinski definition) is 6. The van der Waals surface area contributed by atoms with E-state index >= 15 is 0 Å². The zero-order valence-corrected chi connectivity index (χ0v) is 17.7. The van der Waals surface area contributed by atoms with Gasteiger partial charge in [0, 0.05) is 12.5 Å². The van der Waals surface area contributed by atoms with Crippen molar-refractivity contribution >= 4 is 0 Å². The Hall–Kier alpha value is -2.60. The first-order valence-electron chi connectivity index (χ1n) is 9.90. The highest BCUT2D eigenvalue weighted by Gasteiger charge is 2.41. The summed E-state index contributed by atoms with van der Waals surface area (Å²) in [5.41, 5.74) is 3.88. The van der Waals surface area contributed by atoms with Gasteiger partial charge in [0.25, 0.3) is 0 Å². The molecule has 1 fully saturated rings. The number of rotatable bonds is 6. The first kappa shape index (κ1) is 19.7. The fourth-order valence-corrected chi connectivity index (χ4v) is 4.99. The molecule has 3 unspecified atom stereocenters. The van der Waals surface area contributed by atoms with Crippen molar-refractivity contribution in [3.63, 3.8) is 0 Å². The third-order valence-corrected chi connectivity index (χ3v) is 6.38. The maximum Gasteiger partial charge on any atom is 0.203 e. The minimum atomic E-state index is 0.342. The highest BCUT2D eigenvalue weighted by atomic mass is 16.5. The molecule has 0 bridgehead atoms. The van der Waals surface area contributed by atoms with E-state index in [2.05, 4.69) is 29.6 Å². The SMILES string of the molecule is COc1cc2c(cc1OC)C1CNCC1C(c1cc(OC)c(OC)c(OC)c1)C2. The van der Waals surface area contributed by atoms with Crippen molar-refractivity contribution in [3.8, 4) is 28.7 Å². The number of fused-ring (bicyclic) bond motifs is 3. The summed E-state index contributed by atoms with van der Waals surface area (Å²) >= 11 is 0. The lowest BCUT2D eigenvalue weighted by Gasteiger charge is -2.36. The van der Waals surface area contributed by atoms with Gasteiger partial charge in [-0.3, -0.25) is 0 Å². The van der Waals surface area contributed by atoms with Crippen molar-refractivity contribution in [1.82, 2.24) is 5.32 Å². The van der Waals surface area contributed by atoms with Gasteiger partial charge in [-0.2, -0.15) is 0 Å². The third-order valence-electron chi connectivity index (χ3n) is 6.38. The van der Waals surface area contributed by atoms with E-state index in [9.17, 15) is 0 Å². The number of nitrogens with one attached hydrogen (secondary N) is 1. The largest absolute Gasteiger partial charge is 0.493 e. The Balaban J connectivity index is 1.81. The van der Waals surface area contributed by atoms with Gasteiger partial charge in [0.2, 0.25) is 5.75 Å². The molecule has 2 aliphatic rings. The zero-order chi connectivity index (χ0) is 20.5. The average Bonchev–Trinajstić information content (AvgIpc) is 3.26. The number of benzene rings is 2. The smallest absolute Gasteiger partial charge is 0.203 e. The van der Waals surface area contributed by atoms with Crippen molar-refractivity contribution in [1.29, 1.82) is 0 Å². The summed E-state index contributed by atoms with van der Waals surface area (Å²) in [5, 5.41) is 3.59. The fourth-order valence-electron chi connectivity index (χ4n) is 4.99. The van der Waals surface area contributed by atoms with Crippen LogP contribution in [0.2, 0.25) is 0 Å². The van der Waals surface area contributed by atoms with Gasteiger partial charge in [-0.05, 0) is 65.8 Å². The molecule has 156 valence electrons. The van der Waals surface area contributed by atoms with E-state index in [1.807, 2.05) is 0 Å². The lowest BCUT2D eigenvalue weighted by Crippen LogP contribution is -2.27. The lowest BCUT2D eigenvalue weighted by molar-refractivity contribution is 0.320. The van der Waals surface area contributed by atoms with Crippen LogP contribution in [0.15, 0.2) is 24.3 Å². The van der Waals surface area contributed by atoms with Crippen molar-refractivity contribution < 1.29 is 23.7 Å². The van der Waals surface area contributed by atoms with E-state index in [4.69, 9.17) is 23.7 Å². The third kappa shape index (κ3) is 3.25. The van der Waals surface area contributed by atoms with Crippen LogP contribution in [0.25, 0.3) is 0 Å². The molecule has 0 amide bonds. The quantitative estimate of drug-likeness (QED) is 0.804. The molecule has 4 rings (SSSR count). The van der Waals surface area contributed by atoms with Crippen molar-refractivity contribution in [2.45, 2.75) is 18.3 Å². The molecule has 2 aromatic rings. The molecule has 1 N–H and O–H groups in total. The van der Waals surface area contributed by atoms with Crippen LogP contribution in [0.1, 0.15) is 28.5 Å². The Morgan fingerprint density at radius 1 is 0.690 bits per heavy atom. The predicted octanol–water partition coefficient (Wildman–Crippen LogP) is 3.37. The van der Waals surface area contributed by atoms with Gasteiger partial charge in [-0.25, -0.2) is 0 Å². The second-order valence-corrected chi connectivity index (χ2v) is 7.60. The van der Waals surface area contributed by atoms with Crippen molar-refractivity contribution in [3.05, 3.63) is 41.0 Å². The Morgan fingerprint density at radius 2 is 1.31 bits per heavy atom. The Bertz CT molecular complexity index is 872. The van der Waals surface area contributed by atoms with Crippen molar-refractivity contribution in [2.75, 3.05) is 48.6 Å². The van der Waals surface area contributed by atoms with Crippen molar-refractivity contribution in [2.24, 2.45) is 5.92 Å². The van der Waals surface area contributed by atoms with Gasteiger partial charge in [-0.1, -0.05) is 0 Å². The number of methoxy groups -OCH3 is 5. The molecule has 2 aromatic carbocycles. The summed E-state index contributed by atoms with van der Waals surface area (Å²) in [6, 6.07) is 8.47. The fraction of sp³-hybridized carbons (Fsp3) is 0.478. The van der Waals surface area contributed by atoms with Crippen LogP contribution >= 0.6 is 0 Å². The zero-order valence-electron chi connectivity index (χ0n) is 17.7. The van der Waals surface area contributed by atoms with Crippen LogP contribution in [-0.4, -0.2) is 48.6 Å². The van der Waals surface area contributed by atoms with E-state index in [-0.39, 0.29) is 0 Å². The molecule has 29 heavy (non-hydrogen) atoms. The highest BCUT2D eigenvalue weighted by Crippen LogP contribution is 2.51. The summed E-state index contributed by atoms with van der Waals surface area (Å²) in [7, 11) is 8.33. The van der Waals surface area contributed by atoms with E-state index in [1.54, 1.807) is 35.5 Å². The molecule has 3 atom stereocenters. The standard InChI is InChI=1S/C23H29NO5/c1-25-19-7-13-6-15(14-8-21(27-3)23(29-5)22(9-14)28-4)17-11-24-12-18(17)16(13)10-20(19)26-2/h7-10,15,17-18,24H,6,11-12H2,1-5H3. The Labute approximate surface area is 172 Å². The van der Waals surface area contributed by atoms with Gasteiger partial charge in [-0.15, -0.1) is 0 Å². The molecule has 1 aliphatic carbocycles. The van der Waals surface area contributed by atoms with Crippen LogP contribution in [0.5, 0.6) is 28.7 Å². The predicted molar refractivity (Wildman–Crippen MR) is 111 cm³/mol. The lowest BCUT2D eigenvalue weighted by atomic mass is 9.68. The van der Waals surface area contributed by atoms with Gasteiger partial charge in [0.05, 0.1) is 35.5 Å². The minimum Gasteiger partial charge on any atom is -0.493 e. The molecular weight excluding hydrogens is 370 g/mol. The van der Waals surface area contributed by atoms with Gasteiger partial charge in [0.1, 0.15) is 0 Å². The van der Waals surface area contributed by atoms with E-state index < -0.39 is 0 Å². The van der Waals surface area contributed by atoms with Crippen LogP contribution in [0.3, 0.4) is 0 Å². The van der Waals surface area contributed by atoms with Gasteiger partial charge < -0.3 is 29.0 Å². The molecule has 0 spiro atoms. The molecule has 0 radical (unpaired) electrons. The molecule has 1 aliphatic heterocycles. The molecule has 6 heteroatoms. The van der Waals surface area contributed by atoms with E-state index in [0.29, 0.717) is 35.0 Å². The number of ether oxygens (including phenoxy) is 5. The molecular formula is C23H29NO5. The molecule has 6 nitrogen and oxygen atoms in total. The summed E-state index contributed by atoms with van der Waals surface area (Å²) in [6.45, 7) is 1.95. The van der Waals surface area contributed by atoms with Crippen LogP contribution in [-0.2, 0) is 6.42 Å². The van der Waals surface area contributed by atoms with Gasteiger partial charge >= 0.3 is 0 Å². The summed E-state index contributed by atoms with van der Waals surface area (Å²) in [6.07, 6.45) is 0.928. The maximum absolute atomic E-state index is 5.60.